The van der Waals surface area contributed by atoms with Gasteiger partial charge in [0.1, 0.15) is 18.3 Å². The van der Waals surface area contributed by atoms with Crippen molar-refractivity contribution in [2.24, 2.45) is 35.5 Å². The number of carbonyl (C=O) groups is 2. The summed E-state index contributed by atoms with van der Waals surface area (Å²) < 4.78 is 11.2. The highest BCUT2D eigenvalue weighted by Crippen LogP contribution is 2.42. The van der Waals surface area contributed by atoms with Crippen LogP contribution in [0.3, 0.4) is 0 Å². The van der Waals surface area contributed by atoms with Crippen molar-refractivity contribution in [3.63, 3.8) is 0 Å². The topological polar surface area (TPSA) is 132 Å². The Morgan fingerprint density at radius 2 is 1.50 bits per heavy atom. The van der Waals surface area contributed by atoms with Crippen molar-refractivity contribution in [3.05, 3.63) is 90.1 Å². The van der Waals surface area contributed by atoms with Crippen LogP contribution in [0.4, 0.5) is 0 Å². The van der Waals surface area contributed by atoms with E-state index in [9.17, 15) is 14.7 Å². The van der Waals surface area contributed by atoms with Gasteiger partial charge in [-0.15, -0.1) is 0 Å². The number of aliphatic hydroxyl groups is 1. The summed E-state index contributed by atoms with van der Waals surface area (Å²) in [5, 5.41) is 19.1. The van der Waals surface area contributed by atoms with Gasteiger partial charge in [-0.05, 0) is 129 Å². The average molecular weight is 875 g/mol. The van der Waals surface area contributed by atoms with Crippen LogP contribution < -0.4 is 26.6 Å². The van der Waals surface area contributed by atoms with Crippen LogP contribution in [0.5, 0.6) is 0 Å². The number of rotatable bonds is 20. The summed E-state index contributed by atoms with van der Waals surface area (Å²) in [6, 6.07) is -0.395. The number of ether oxygens (including phenoxy) is 2. The molecule has 64 heavy (non-hydrogen) atoms. The summed E-state index contributed by atoms with van der Waals surface area (Å²) >= 11 is 0. The first-order chi connectivity index (χ1) is 30.6. The predicted molar refractivity (Wildman–Crippen MR) is 263 cm³/mol. The normalized spacial score (nSPS) is 22.0. The van der Waals surface area contributed by atoms with Crippen molar-refractivity contribution in [1.82, 2.24) is 20.3 Å². The Morgan fingerprint density at radius 3 is 2.16 bits per heavy atom. The van der Waals surface area contributed by atoms with E-state index in [1.54, 1.807) is 0 Å². The van der Waals surface area contributed by atoms with Crippen molar-refractivity contribution in [2.75, 3.05) is 13.7 Å². The number of aromatic amines is 3. The molecule has 5 N–H and O–H groups in total. The van der Waals surface area contributed by atoms with Gasteiger partial charge in [0.2, 0.25) is 0 Å². The molecule has 348 valence electrons. The van der Waals surface area contributed by atoms with Crippen molar-refractivity contribution in [3.8, 4) is 0 Å². The fraction of sp³-hybridized carbons (Fsp3) is 0.564. The molecule has 1 unspecified atom stereocenters. The molecule has 0 aromatic carbocycles. The number of fused-ring (bicyclic) bond motifs is 8. The number of hydrogen-bond acceptors (Lipinski definition) is 6. The Kier molecular flexibility index (Phi) is 16.2. The van der Waals surface area contributed by atoms with Crippen molar-refractivity contribution >= 4 is 47.6 Å². The molecule has 0 spiro atoms. The van der Waals surface area contributed by atoms with E-state index in [0.717, 1.165) is 98.1 Å². The number of aliphatic hydroxyl groups excluding tert-OH is 1. The Hall–Kier alpha value is -4.92. The maximum atomic E-state index is 13.7. The standard InChI is InChI=1S/C55H78N4O5/c1-13-39-35(8)42-28-44-37(10)41(24-25-48(60)64-27-26-34(7)23-17-22-33(6)21-16-20-32(5)19-15-18-31(3)4)52(58-44)50-51(55(62)63-12)54(61)49-38(11)45(59-53(49)50)30-47-40(14-2)36(9)43(57-47)29-46(39)56-42/h13,26,28-33,37,41,51-52,56-59,61H,1,14-25,27H2,2-12H3/b34-26+,43-29-,44-28-,47-30-/t32-,33+,37+,41+,51+,52?/m1/s1. The Bertz CT molecular complexity index is 2510. The summed E-state index contributed by atoms with van der Waals surface area (Å²) in [7, 11) is 1.36. The van der Waals surface area contributed by atoms with Gasteiger partial charge in [-0.1, -0.05) is 105 Å². The van der Waals surface area contributed by atoms with Gasteiger partial charge in [-0.2, -0.15) is 0 Å². The highest BCUT2D eigenvalue weighted by Gasteiger charge is 2.47. The van der Waals surface area contributed by atoms with Crippen LogP contribution in [-0.4, -0.2) is 51.8 Å². The van der Waals surface area contributed by atoms with E-state index in [1.165, 1.54) is 68.8 Å². The van der Waals surface area contributed by atoms with Gasteiger partial charge in [-0.3, -0.25) is 9.59 Å². The van der Waals surface area contributed by atoms with E-state index in [-0.39, 0.29) is 36.6 Å². The molecule has 8 bridgehead atoms. The minimum Gasteiger partial charge on any atom is -0.510 e. The van der Waals surface area contributed by atoms with Crippen molar-refractivity contribution < 1.29 is 24.2 Å². The molecule has 3 aromatic heterocycles. The van der Waals surface area contributed by atoms with Gasteiger partial charge in [-0.25, -0.2) is 0 Å². The van der Waals surface area contributed by atoms with Crippen LogP contribution in [0.2, 0.25) is 0 Å². The molecule has 9 heteroatoms. The number of allylic oxidation sites excluding steroid dienone is 2. The third kappa shape index (κ3) is 10.6. The summed E-state index contributed by atoms with van der Waals surface area (Å²) in [4.78, 5) is 38.2. The third-order valence-corrected chi connectivity index (χ3v) is 14.8. The lowest BCUT2D eigenvalue weighted by atomic mass is 9.80. The molecule has 5 heterocycles. The van der Waals surface area contributed by atoms with Crippen LogP contribution in [0.25, 0.3) is 35.6 Å². The molecule has 0 saturated carbocycles. The van der Waals surface area contributed by atoms with Gasteiger partial charge >= 0.3 is 11.9 Å². The quantitative estimate of drug-likeness (QED) is 0.0568. The molecule has 1 fully saturated rings. The largest absolute Gasteiger partial charge is 0.510 e. The minimum absolute atomic E-state index is 0.0153. The number of methoxy groups -OCH3 is 1. The van der Waals surface area contributed by atoms with Gasteiger partial charge in [0, 0.05) is 56.6 Å². The maximum Gasteiger partial charge on any atom is 0.320 e. The fourth-order valence-corrected chi connectivity index (χ4v) is 10.7. The van der Waals surface area contributed by atoms with Gasteiger partial charge in [0.25, 0.3) is 0 Å². The van der Waals surface area contributed by atoms with Gasteiger partial charge < -0.3 is 34.8 Å². The third-order valence-electron chi connectivity index (χ3n) is 14.8. The van der Waals surface area contributed by atoms with Crippen LogP contribution in [0.1, 0.15) is 164 Å². The molecule has 1 aliphatic carbocycles. The molecule has 3 aliphatic rings. The van der Waals surface area contributed by atoms with Crippen LogP contribution in [-0.2, 0) is 25.5 Å². The number of carbonyl (C=O) groups excluding carboxylic acids is 2. The summed E-state index contributed by atoms with van der Waals surface area (Å²) in [5.74, 6) is 0.433. The number of aromatic nitrogens is 3. The molecular weight excluding hydrogens is 797 g/mol. The number of esters is 2. The Morgan fingerprint density at radius 1 is 0.844 bits per heavy atom. The first-order valence-electron chi connectivity index (χ1n) is 24.4. The number of nitrogens with one attached hydrogen (secondary N) is 4. The zero-order valence-corrected chi connectivity index (χ0v) is 40.9. The lowest BCUT2D eigenvalue weighted by Crippen LogP contribution is -2.38. The van der Waals surface area contributed by atoms with Crippen LogP contribution in [0.15, 0.2) is 23.9 Å². The SMILES string of the molecule is C=Cc1c2[nH]c(c1C)/C=C1\NC(C3=c4[nH]c(c(C)c4=C(O)[C@H]3C(=O)OC)/C=c3\[nH]/c(c(C)c3CC)=C\2)[C@@H](CCC(=O)OC/C=C(\C)CCC[C@@H](C)CCC[C@H](C)CCCC(C)C)[C@@H]1C. The van der Waals surface area contributed by atoms with Crippen molar-refractivity contribution in [2.45, 2.75) is 152 Å². The van der Waals surface area contributed by atoms with Crippen molar-refractivity contribution in [1.29, 1.82) is 0 Å². The Balaban J connectivity index is 1.21. The molecule has 6 atom stereocenters. The number of H-pyrrole nitrogens is 3. The summed E-state index contributed by atoms with van der Waals surface area (Å²) in [5.41, 5.74) is 11.1. The van der Waals surface area contributed by atoms with E-state index in [1.807, 2.05) is 13.0 Å². The second kappa shape index (κ2) is 21.4. The van der Waals surface area contributed by atoms with E-state index in [2.05, 4.69) is 113 Å². The molecule has 2 aliphatic heterocycles. The molecule has 0 amide bonds. The second-order valence-electron chi connectivity index (χ2n) is 19.9. The highest BCUT2D eigenvalue weighted by atomic mass is 16.5. The maximum absolute atomic E-state index is 13.7. The van der Waals surface area contributed by atoms with Crippen LogP contribution >= 0.6 is 0 Å². The fourth-order valence-electron chi connectivity index (χ4n) is 10.7. The predicted octanol–water partition coefficient (Wildman–Crippen LogP) is 9.37. The molecular formula is C55H78N4O5. The molecule has 9 nitrogen and oxygen atoms in total. The monoisotopic (exact) mass is 875 g/mol. The summed E-state index contributed by atoms with van der Waals surface area (Å²) in [6.07, 6.45) is 23.3. The van der Waals surface area contributed by atoms with Crippen LogP contribution in [0, 0.1) is 56.3 Å². The van der Waals surface area contributed by atoms with E-state index in [4.69, 9.17) is 9.47 Å². The molecule has 0 radical (unpaired) electrons. The summed E-state index contributed by atoms with van der Waals surface area (Å²) in [6.45, 7) is 26.6. The lowest BCUT2D eigenvalue weighted by Gasteiger charge is -2.26. The first kappa shape index (κ1) is 48.5. The zero-order chi connectivity index (χ0) is 46.4. The Labute approximate surface area is 382 Å². The molecule has 3 aromatic rings. The molecule has 1 saturated heterocycles. The van der Waals surface area contributed by atoms with E-state index < -0.39 is 17.9 Å². The zero-order valence-electron chi connectivity index (χ0n) is 40.9. The second-order valence-corrected chi connectivity index (χ2v) is 19.9. The lowest BCUT2D eigenvalue weighted by molar-refractivity contribution is -0.143. The highest BCUT2D eigenvalue weighted by molar-refractivity contribution is 5.95. The molecule has 6 rings (SSSR count). The van der Waals surface area contributed by atoms with E-state index >= 15 is 0 Å². The minimum atomic E-state index is -0.994. The smallest absolute Gasteiger partial charge is 0.320 e. The van der Waals surface area contributed by atoms with Gasteiger partial charge in [0.15, 0.2) is 0 Å². The van der Waals surface area contributed by atoms with E-state index in [0.29, 0.717) is 11.6 Å². The van der Waals surface area contributed by atoms with Gasteiger partial charge in [0.05, 0.1) is 18.5 Å². The average Bonchev–Trinajstić information content (AvgIpc) is 3.99. The number of hydrogen-bond donors (Lipinski definition) is 5. The first-order valence-corrected chi connectivity index (χ1v) is 24.4.